The fraction of sp³-hybridized carbons (Fsp3) is 0.462. The second kappa shape index (κ2) is 7.84. The second-order valence-corrected chi connectivity index (χ2v) is 5.53. The van der Waals surface area contributed by atoms with Crippen LogP contribution in [0.25, 0.3) is 0 Å². The van der Waals surface area contributed by atoms with Gasteiger partial charge in [0, 0.05) is 23.0 Å². The van der Waals surface area contributed by atoms with Crippen LogP contribution in [0.15, 0.2) is 18.2 Å². The molecule has 1 aromatic carbocycles. The third-order valence-electron chi connectivity index (χ3n) is 2.72. The van der Waals surface area contributed by atoms with Gasteiger partial charge < -0.3 is 10.1 Å². The molecule has 110 valence electrons. The molecule has 1 aromatic rings. The van der Waals surface area contributed by atoms with E-state index in [2.05, 4.69) is 28.2 Å². The summed E-state index contributed by atoms with van der Waals surface area (Å²) in [5, 5.41) is 13.6. The van der Waals surface area contributed by atoms with E-state index < -0.39 is 4.92 Å². The van der Waals surface area contributed by atoms with E-state index in [0.717, 1.165) is 12.8 Å². The van der Waals surface area contributed by atoms with Crippen LogP contribution < -0.4 is 10.1 Å². The number of benzene rings is 1. The van der Waals surface area contributed by atoms with E-state index in [1.165, 1.54) is 25.3 Å². The van der Waals surface area contributed by atoms with Crippen molar-refractivity contribution in [2.24, 2.45) is 0 Å². The van der Waals surface area contributed by atoms with Crippen molar-refractivity contribution in [3.05, 3.63) is 33.9 Å². The highest BCUT2D eigenvalue weighted by Gasteiger charge is 2.18. The van der Waals surface area contributed by atoms with Gasteiger partial charge in [-0.1, -0.05) is 29.3 Å². The van der Waals surface area contributed by atoms with Crippen molar-refractivity contribution >= 4 is 27.5 Å². The molecule has 0 saturated carbocycles. The van der Waals surface area contributed by atoms with Crippen molar-refractivity contribution in [2.45, 2.75) is 24.6 Å². The molecule has 1 rings (SSSR count). The molecule has 0 saturated heterocycles. The van der Waals surface area contributed by atoms with Crippen LogP contribution >= 0.6 is 15.9 Å². The minimum Gasteiger partial charge on any atom is -0.490 e. The number of carbonyl (C=O) groups excluding carboxylic acids is 1. The Morgan fingerprint density at radius 1 is 1.55 bits per heavy atom. The third kappa shape index (κ3) is 4.48. The highest BCUT2D eigenvalue weighted by atomic mass is 79.9. The number of alkyl halides is 1. The van der Waals surface area contributed by atoms with Crippen molar-refractivity contribution < 1.29 is 14.5 Å². The van der Waals surface area contributed by atoms with Crippen molar-refractivity contribution in [3.8, 4) is 5.75 Å². The number of nitrogens with one attached hydrogen (secondary N) is 1. The first-order valence-corrected chi connectivity index (χ1v) is 7.15. The van der Waals surface area contributed by atoms with Gasteiger partial charge in [0.1, 0.15) is 0 Å². The van der Waals surface area contributed by atoms with Gasteiger partial charge in [0.15, 0.2) is 5.75 Å². The molecule has 0 spiro atoms. The van der Waals surface area contributed by atoms with Crippen LogP contribution in [-0.4, -0.2) is 29.3 Å². The van der Waals surface area contributed by atoms with E-state index in [1.54, 1.807) is 0 Å². The number of methoxy groups -OCH3 is 1. The van der Waals surface area contributed by atoms with E-state index in [9.17, 15) is 14.9 Å². The average molecular weight is 345 g/mol. The molecule has 1 unspecified atom stereocenters. The Hall–Kier alpha value is -1.63. The minimum absolute atomic E-state index is 0.135. The number of nitrogens with zero attached hydrogens (tertiary/aromatic N) is 1. The zero-order chi connectivity index (χ0) is 15.1. The number of ether oxygens (including phenoxy) is 1. The molecule has 0 aliphatic carbocycles. The summed E-state index contributed by atoms with van der Waals surface area (Å²) in [7, 11) is 1.35. The largest absolute Gasteiger partial charge is 0.490 e. The lowest BCUT2D eigenvalue weighted by Gasteiger charge is -2.10. The van der Waals surface area contributed by atoms with Crippen LogP contribution in [0, 0.1) is 10.1 Å². The summed E-state index contributed by atoms with van der Waals surface area (Å²) in [4.78, 5) is 22.5. The zero-order valence-electron chi connectivity index (χ0n) is 11.4. The number of rotatable bonds is 7. The molecule has 0 fully saturated rings. The van der Waals surface area contributed by atoms with Gasteiger partial charge in [-0.15, -0.1) is 0 Å². The molecule has 1 N–H and O–H groups in total. The monoisotopic (exact) mass is 344 g/mol. The van der Waals surface area contributed by atoms with Crippen molar-refractivity contribution in [2.75, 3.05) is 13.7 Å². The van der Waals surface area contributed by atoms with Crippen LogP contribution in [0.3, 0.4) is 0 Å². The maximum atomic E-state index is 11.9. The smallest absolute Gasteiger partial charge is 0.311 e. The Morgan fingerprint density at radius 2 is 2.25 bits per heavy atom. The fourth-order valence-corrected chi connectivity index (χ4v) is 2.31. The average Bonchev–Trinajstić information content (AvgIpc) is 2.44. The topological polar surface area (TPSA) is 81.5 Å². The first kappa shape index (κ1) is 16.4. The van der Waals surface area contributed by atoms with E-state index in [4.69, 9.17) is 4.74 Å². The molecule has 1 amide bonds. The van der Waals surface area contributed by atoms with E-state index >= 15 is 0 Å². The number of hydrogen-bond acceptors (Lipinski definition) is 4. The van der Waals surface area contributed by atoms with Gasteiger partial charge >= 0.3 is 5.69 Å². The van der Waals surface area contributed by atoms with Crippen molar-refractivity contribution in [1.29, 1.82) is 0 Å². The molecule has 7 heteroatoms. The Morgan fingerprint density at radius 3 is 2.80 bits per heavy atom. The number of nitro groups is 1. The molecule has 0 heterocycles. The molecule has 0 aromatic heterocycles. The van der Waals surface area contributed by atoms with Crippen molar-refractivity contribution in [3.63, 3.8) is 0 Å². The molecule has 1 atom stereocenters. The normalized spacial score (nSPS) is 11.8. The third-order valence-corrected chi connectivity index (χ3v) is 3.51. The standard InChI is InChI=1S/C13H17BrN2O4/c1-3-4-10(14)8-15-13(17)9-5-6-12(20-2)11(7-9)16(18)19/h5-7,10H,3-4,8H2,1-2H3,(H,15,17). The Kier molecular flexibility index (Phi) is 6.44. The first-order chi connectivity index (χ1) is 9.49. The maximum absolute atomic E-state index is 11.9. The summed E-state index contributed by atoms with van der Waals surface area (Å²) in [6.07, 6.45) is 1.96. The van der Waals surface area contributed by atoms with Gasteiger partial charge in [-0.3, -0.25) is 14.9 Å². The predicted molar refractivity (Wildman–Crippen MR) is 79.6 cm³/mol. The van der Waals surface area contributed by atoms with Gasteiger partial charge in [-0.05, 0) is 18.6 Å². The molecule has 20 heavy (non-hydrogen) atoms. The summed E-state index contributed by atoms with van der Waals surface area (Å²) in [5.41, 5.74) is 0.0257. The van der Waals surface area contributed by atoms with Gasteiger partial charge in [0.2, 0.25) is 0 Å². The fourth-order valence-electron chi connectivity index (χ4n) is 1.69. The van der Waals surface area contributed by atoms with Gasteiger partial charge in [0.25, 0.3) is 5.91 Å². The van der Waals surface area contributed by atoms with E-state index in [0.29, 0.717) is 6.54 Å². The van der Waals surface area contributed by atoms with Crippen LogP contribution in [0.1, 0.15) is 30.1 Å². The second-order valence-electron chi connectivity index (χ2n) is 4.24. The summed E-state index contributed by atoms with van der Waals surface area (Å²) < 4.78 is 4.89. The predicted octanol–water partition coefficient (Wildman–Crippen LogP) is 2.90. The lowest BCUT2D eigenvalue weighted by Crippen LogP contribution is -2.29. The van der Waals surface area contributed by atoms with Crippen molar-refractivity contribution in [1.82, 2.24) is 5.32 Å². The van der Waals surface area contributed by atoms with Crippen LogP contribution in [0.5, 0.6) is 5.75 Å². The summed E-state index contributed by atoms with van der Waals surface area (Å²) >= 11 is 3.46. The highest BCUT2D eigenvalue weighted by Crippen LogP contribution is 2.27. The van der Waals surface area contributed by atoms with Gasteiger partial charge in [-0.2, -0.15) is 0 Å². The Labute approximate surface area is 125 Å². The first-order valence-electron chi connectivity index (χ1n) is 6.24. The lowest BCUT2D eigenvalue weighted by molar-refractivity contribution is -0.385. The zero-order valence-corrected chi connectivity index (χ0v) is 13.0. The van der Waals surface area contributed by atoms with Gasteiger partial charge in [-0.25, -0.2) is 0 Å². The minimum atomic E-state index is -0.569. The maximum Gasteiger partial charge on any atom is 0.311 e. The number of hydrogen-bond donors (Lipinski definition) is 1. The number of amides is 1. The molecule has 6 nitrogen and oxygen atoms in total. The SMILES string of the molecule is CCCC(Br)CNC(=O)c1ccc(OC)c([N+](=O)[O-])c1. The molecular formula is C13H17BrN2O4. The lowest BCUT2D eigenvalue weighted by atomic mass is 10.1. The number of carbonyl (C=O) groups is 1. The van der Waals surface area contributed by atoms with Crippen LogP contribution in [0.2, 0.25) is 0 Å². The van der Waals surface area contributed by atoms with Gasteiger partial charge in [0.05, 0.1) is 12.0 Å². The van der Waals surface area contributed by atoms with Crippen LogP contribution in [-0.2, 0) is 0 Å². The quantitative estimate of drug-likeness (QED) is 0.468. The molecule has 0 radical (unpaired) electrons. The van der Waals surface area contributed by atoms with Crippen LogP contribution in [0.4, 0.5) is 5.69 Å². The molecular weight excluding hydrogens is 328 g/mol. The summed E-state index contributed by atoms with van der Waals surface area (Å²) in [6.45, 7) is 2.54. The number of nitro benzene ring substituents is 1. The van der Waals surface area contributed by atoms with E-state index in [1.807, 2.05) is 0 Å². The molecule has 0 aliphatic heterocycles. The molecule has 0 bridgehead atoms. The molecule has 0 aliphatic rings. The summed E-state index contributed by atoms with van der Waals surface area (Å²) in [6, 6.07) is 4.14. The Balaban J connectivity index is 2.78. The van der Waals surface area contributed by atoms with E-state index in [-0.39, 0.29) is 27.7 Å². The Bertz CT molecular complexity index is 493. The number of halogens is 1. The summed E-state index contributed by atoms with van der Waals surface area (Å²) in [5.74, 6) is -0.202. The highest BCUT2D eigenvalue weighted by molar-refractivity contribution is 9.09.